The molecule has 0 atom stereocenters. The Kier molecular flexibility index (Phi) is 6.29. The van der Waals surface area contributed by atoms with E-state index in [2.05, 4.69) is 31.9 Å². The van der Waals surface area contributed by atoms with E-state index in [1.165, 1.54) is 6.08 Å². The number of carbonyl (C=O) groups excluding carboxylic acids is 2. The molecule has 0 radical (unpaired) electrons. The van der Waals surface area contributed by atoms with Crippen LogP contribution in [0.1, 0.15) is 43.2 Å². The standard InChI is InChI=1S/C23H20Br2O5/c24-17-11-16(20(19(25)13-17)28-14-15-7-3-1-4-8-15)12-18-21(26)29-23(30-22(18)27)9-5-2-6-10-23/h1,3-4,7-8,11-13H,2,5-6,9-10,14H2. The molecule has 5 nitrogen and oxygen atoms in total. The molecule has 2 fully saturated rings. The van der Waals surface area contributed by atoms with E-state index in [1.54, 1.807) is 6.07 Å². The fourth-order valence-corrected chi connectivity index (χ4v) is 5.06. The maximum absolute atomic E-state index is 12.7. The first-order valence-corrected chi connectivity index (χ1v) is 11.4. The molecule has 1 heterocycles. The van der Waals surface area contributed by atoms with Gasteiger partial charge in [0.25, 0.3) is 5.79 Å². The molecule has 2 aliphatic rings. The van der Waals surface area contributed by atoms with Crippen LogP contribution in [0.15, 0.2) is 57.0 Å². The Labute approximate surface area is 191 Å². The molecule has 1 aliphatic heterocycles. The van der Waals surface area contributed by atoms with Gasteiger partial charge in [0.1, 0.15) is 17.9 Å². The normalized spacial score (nSPS) is 18.0. The van der Waals surface area contributed by atoms with Crippen LogP contribution in [-0.4, -0.2) is 17.7 Å². The van der Waals surface area contributed by atoms with E-state index in [9.17, 15) is 9.59 Å². The van der Waals surface area contributed by atoms with Crippen LogP contribution in [0.4, 0.5) is 0 Å². The summed E-state index contributed by atoms with van der Waals surface area (Å²) in [5.74, 6) is -1.89. The predicted molar refractivity (Wildman–Crippen MR) is 119 cm³/mol. The van der Waals surface area contributed by atoms with Gasteiger partial charge in [-0.05, 0) is 52.5 Å². The van der Waals surface area contributed by atoms with E-state index in [4.69, 9.17) is 14.2 Å². The molecular formula is C23H20Br2O5. The Bertz CT molecular complexity index is 972. The fourth-order valence-electron chi connectivity index (χ4n) is 3.69. The molecular weight excluding hydrogens is 516 g/mol. The molecule has 2 aromatic carbocycles. The van der Waals surface area contributed by atoms with Crippen LogP contribution in [0, 0.1) is 0 Å². The van der Waals surface area contributed by atoms with Crippen molar-refractivity contribution in [2.75, 3.05) is 0 Å². The molecule has 30 heavy (non-hydrogen) atoms. The van der Waals surface area contributed by atoms with Crippen LogP contribution >= 0.6 is 31.9 Å². The van der Waals surface area contributed by atoms with E-state index < -0.39 is 17.7 Å². The third kappa shape index (κ3) is 4.62. The van der Waals surface area contributed by atoms with Gasteiger partial charge in [0.2, 0.25) is 0 Å². The van der Waals surface area contributed by atoms with Crippen LogP contribution in [-0.2, 0) is 25.7 Å². The van der Waals surface area contributed by atoms with Crippen molar-refractivity contribution in [3.8, 4) is 5.75 Å². The summed E-state index contributed by atoms with van der Waals surface area (Å²) < 4.78 is 18.7. The molecule has 0 N–H and O–H groups in total. The van der Waals surface area contributed by atoms with Gasteiger partial charge in [0.15, 0.2) is 0 Å². The van der Waals surface area contributed by atoms with Crippen LogP contribution in [0.2, 0.25) is 0 Å². The molecule has 2 aromatic rings. The van der Waals surface area contributed by atoms with Crippen LogP contribution in [0.25, 0.3) is 6.08 Å². The number of ether oxygens (including phenoxy) is 3. The molecule has 0 bridgehead atoms. The molecule has 4 rings (SSSR count). The number of hydrogen-bond acceptors (Lipinski definition) is 5. The number of halogens is 2. The van der Waals surface area contributed by atoms with E-state index in [0.717, 1.165) is 29.3 Å². The first-order chi connectivity index (χ1) is 14.5. The van der Waals surface area contributed by atoms with Crippen molar-refractivity contribution in [3.63, 3.8) is 0 Å². The first-order valence-electron chi connectivity index (χ1n) is 9.80. The molecule has 0 aromatic heterocycles. The molecule has 1 spiro atoms. The Morgan fingerprint density at radius 3 is 2.30 bits per heavy atom. The topological polar surface area (TPSA) is 61.8 Å². The zero-order valence-electron chi connectivity index (χ0n) is 16.2. The lowest BCUT2D eigenvalue weighted by Gasteiger charge is -2.38. The Morgan fingerprint density at radius 2 is 1.63 bits per heavy atom. The van der Waals surface area contributed by atoms with Gasteiger partial charge in [-0.2, -0.15) is 0 Å². The summed E-state index contributed by atoms with van der Waals surface area (Å²) in [4.78, 5) is 25.4. The van der Waals surface area contributed by atoms with E-state index in [1.807, 2.05) is 36.4 Å². The quantitative estimate of drug-likeness (QED) is 0.275. The lowest BCUT2D eigenvalue weighted by atomic mass is 9.93. The predicted octanol–water partition coefficient (Wildman–Crippen LogP) is 5.93. The van der Waals surface area contributed by atoms with Crippen molar-refractivity contribution in [3.05, 3.63) is 68.1 Å². The third-order valence-corrected chi connectivity index (χ3v) is 6.22. The molecule has 7 heteroatoms. The van der Waals surface area contributed by atoms with Gasteiger partial charge in [0.05, 0.1) is 4.47 Å². The zero-order valence-corrected chi connectivity index (χ0v) is 19.3. The number of esters is 2. The highest BCUT2D eigenvalue weighted by atomic mass is 79.9. The van der Waals surface area contributed by atoms with Crippen molar-refractivity contribution in [2.24, 2.45) is 0 Å². The maximum atomic E-state index is 12.7. The van der Waals surface area contributed by atoms with Gasteiger partial charge in [-0.15, -0.1) is 0 Å². The van der Waals surface area contributed by atoms with Crippen LogP contribution in [0.5, 0.6) is 5.75 Å². The highest BCUT2D eigenvalue weighted by Crippen LogP contribution is 2.39. The lowest BCUT2D eigenvalue weighted by Crippen LogP contribution is -2.47. The third-order valence-electron chi connectivity index (χ3n) is 5.18. The van der Waals surface area contributed by atoms with Gasteiger partial charge >= 0.3 is 11.9 Å². The van der Waals surface area contributed by atoms with E-state index in [0.29, 0.717) is 35.2 Å². The monoisotopic (exact) mass is 534 g/mol. The lowest BCUT2D eigenvalue weighted by molar-refractivity contribution is -0.244. The van der Waals surface area contributed by atoms with Gasteiger partial charge in [-0.1, -0.05) is 52.7 Å². The van der Waals surface area contributed by atoms with Crippen LogP contribution in [0.3, 0.4) is 0 Å². The Hall–Kier alpha value is -2.12. The minimum atomic E-state index is -1.10. The smallest absolute Gasteiger partial charge is 0.348 e. The minimum absolute atomic E-state index is 0.138. The molecule has 0 amide bonds. The van der Waals surface area contributed by atoms with E-state index in [-0.39, 0.29) is 5.57 Å². The molecule has 156 valence electrons. The van der Waals surface area contributed by atoms with Crippen molar-refractivity contribution in [2.45, 2.75) is 44.5 Å². The van der Waals surface area contributed by atoms with E-state index >= 15 is 0 Å². The van der Waals surface area contributed by atoms with Gasteiger partial charge in [-0.3, -0.25) is 0 Å². The molecule has 1 aliphatic carbocycles. The summed E-state index contributed by atoms with van der Waals surface area (Å²) in [6.07, 6.45) is 5.35. The summed E-state index contributed by atoms with van der Waals surface area (Å²) >= 11 is 6.96. The Morgan fingerprint density at radius 1 is 0.967 bits per heavy atom. The molecule has 1 saturated carbocycles. The SMILES string of the molecule is O=C1OC2(CCCCC2)OC(=O)C1=Cc1cc(Br)cc(Br)c1OCc1ccccc1. The van der Waals surface area contributed by atoms with Gasteiger partial charge in [0, 0.05) is 22.9 Å². The highest BCUT2D eigenvalue weighted by Gasteiger charge is 2.46. The average molecular weight is 536 g/mol. The number of carbonyl (C=O) groups is 2. The molecule has 1 saturated heterocycles. The van der Waals surface area contributed by atoms with Crippen molar-refractivity contribution in [1.82, 2.24) is 0 Å². The summed E-state index contributed by atoms with van der Waals surface area (Å²) in [5.41, 5.74) is 1.43. The van der Waals surface area contributed by atoms with Crippen molar-refractivity contribution < 1.29 is 23.8 Å². The molecule has 0 unspecified atom stereocenters. The first kappa shape index (κ1) is 21.1. The average Bonchev–Trinajstić information content (AvgIpc) is 2.71. The summed E-state index contributed by atoms with van der Waals surface area (Å²) in [5, 5.41) is 0. The summed E-state index contributed by atoms with van der Waals surface area (Å²) in [6.45, 7) is 0.343. The van der Waals surface area contributed by atoms with Crippen molar-refractivity contribution >= 4 is 49.9 Å². The maximum Gasteiger partial charge on any atom is 0.348 e. The number of rotatable bonds is 4. The van der Waals surface area contributed by atoms with Crippen LogP contribution < -0.4 is 4.74 Å². The Balaban J connectivity index is 1.62. The summed E-state index contributed by atoms with van der Waals surface area (Å²) in [7, 11) is 0. The minimum Gasteiger partial charge on any atom is -0.487 e. The fraction of sp³-hybridized carbons (Fsp3) is 0.304. The van der Waals surface area contributed by atoms with Gasteiger partial charge < -0.3 is 14.2 Å². The van der Waals surface area contributed by atoms with Gasteiger partial charge in [-0.25, -0.2) is 9.59 Å². The number of benzene rings is 2. The van der Waals surface area contributed by atoms with Crippen molar-refractivity contribution in [1.29, 1.82) is 0 Å². The zero-order chi connectivity index (χ0) is 21.1. The second-order valence-electron chi connectivity index (χ2n) is 7.39. The number of hydrogen-bond donors (Lipinski definition) is 0. The second kappa shape index (κ2) is 8.94. The summed E-state index contributed by atoms with van der Waals surface area (Å²) in [6, 6.07) is 13.4. The second-order valence-corrected chi connectivity index (χ2v) is 9.16. The highest BCUT2D eigenvalue weighted by molar-refractivity contribution is 9.11. The largest absolute Gasteiger partial charge is 0.487 e.